The highest BCUT2D eigenvalue weighted by Gasteiger charge is 1.88. The van der Waals surface area contributed by atoms with Crippen LogP contribution in [-0.2, 0) is 0 Å². The monoisotopic (exact) mass is 153 g/mol. The molecule has 0 heterocycles. The second-order valence-corrected chi connectivity index (χ2v) is 2.50. The first-order valence-corrected chi connectivity index (χ1v) is 3.43. The molecule has 0 unspecified atom stereocenters. The molecule has 0 aromatic carbocycles. The minimum atomic E-state index is 0.825. The Bertz CT molecular complexity index is 190. The molecule has 0 atom stereocenters. The zero-order valence-electron chi connectivity index (χ0n) is 7.63. The summed E-state index contributed by atoms with van der Waals surface area (Å²) in [6.07, 6.45) is 1.70. The molecule has 0 bridgehead atoms. The van der Waals surface area contributed by atoms with Crippen LogP contribution in [0.3, 0.4) is 0 Å². The highest BCUT2D eigenvalue weighted by Crippen LogP contribution is 1.93. The van der Waals surface area contributed by atoms with Crippen molar-refractivity contribution in [1.82, 2.24) is 4.90 Å². The Morgan fingerprint density at radius 2 is 1.91 bits per heavy atom. The van der Waals surface area contributed by atoms with Gasteiger partial charge in [0.1, 0.15) is 5.84 Å². The number of allylic oxidation sites excluding steroid dienone is 1. The van der Waals surface area contributed by atoms with E-state index in [1.54, 1.807) is 6.20 Å². The van der Waals surface area contributed by atoms with Crippen molar-refractivity contribution < 1.29 is 0 Å². The maximum atomic E-state index is 4.14. The molecule has 0 aliphatic heterocycles. The second-order valence-electron chi connectivity index (χ2n) is 2.50. The van der Waals surface area contributed by atoms with E-state index in [0.717, 1.165) is 11.5 Å². The summed E-state index contributed by atoms with van der Waals surface area (Å²) in [6.45, 7) is 7.18. The van der Waals surface area contributed by atoms with Crippen LogP contribution in [0, 0.1) is 0 Å². The predicted octanol–water partition coefficient (Wildman–Crippen LogP) is 1.53. The van der Waals surface area contributed by atoms with Gasteiger partial charge in [-0.1, -0.05) is 0 Å². The Morgan fingerprint density at radius 1 is 1.36 bits per heavy atom. The van der Waals surface area contributed by atoms with Crippen LogP contribution in [0.1, 0.15) is 13.8 Å². The smallest absolute Gasteiger partial charge is 0.100 e. The quantitative estimate of drug-likeness (QED) is 0.436. The Balaban J connectivity index is 4.22. The van der Waals surface area contributed by atoms with Crippen LogP contribution < -0.4 is 0 Å². The molecule has 0 fully saturated rings. The average molecular weight is 153 g/mol. The summed E-state index contributed by atoms with van der Waals surface area (Å²) in [5.74, 6) is 0.952. The van der Waals surface area contributed by atoms with Crippen molar-refractivity contribution in [2.45, 2.75) is 13.8 Å². The van der Waals surface area contributed by atoms with E-state index >= 15 is 0 Å². The van der Waals surface area contributed by atoms with Gasteiger partial charge >= 0.3 is 0 Å². The van der Waals surface area contributed by atoms with Gasteiger partial charge < -0.3 is 4.90 Å². The highest BCUT2D eigenvalue weighted by atomic mass is 15.1. The van der Waals surface area contributed by atoms with E-state index in [9.17, 15) is 0 Å². The molecular weight excluding hydrogens is 138 g/mol. The van der Waals surface area contributed by atoms with Gasteiger partial charge in [0.05, 0.1) is 11.9 Å². The van der Waals surface area contributed by atoms with Crippen LogP contribution in [-0.4, -0.2) is 31.5 Å². The van der Waals surface area contributed by atoms with Gasteiger partial charge in [-0.15, -0.1) is 0 Å². The zero-order valence-corrected chi connectivity index (χ0v) is 7.63. The van der Waals surface area contributed by atoms with Crippen LogP contribution in [0.15, 0.2) is 21.9 Å². The third kappa shape index (κ3) is 4.31. The van der Waals surface area contributed by atoms with E-state index in [-0.39, 0.29) is 0 Å². The van der Waals surface area contributed by atoms with Crippen molar-refractivity contribution in [3.63, 3.8) is 0 Å². The predicted molar refractivity (Wildman–Crippen MR) is 50.1 cm³/mol. The number of nitrogens with zero attached hydrogens (tertiary/aromatic N) is 3. The average Bonchev–Trinajstić information content (AvgIpc) is 1.99. The molecule has 3 nitrogen and oxygen atoms in total. The van der Waals surface area contributed by atoms with Crippen molar-refractivity contribution in [2.75, 3.05) is 14.1 Å². The van der Waals surface area contributed by atoms with E-state index in [0.29, 0.717) is 0 Å². The highest BCUT2D eigenvalue weighted by molar-refractivity contribution is 5.79. The lowest BCUT2D eigenvalue weighted by molar-refractivity contribution is 0.618. The van der Waals surface area contributed by atoms with Gasteiger partial charge in [-0.25, -0.2) is 4.99 Å². The van der Waals surface area contributed by atoms with E-state index in [1.807, 2.05) is 32.8 Å². The second kappa shape index (κ2) is 4.66. The molecule has 3 heteroatoms. The molecule has 0 N–H and O–H groups in total. The number of aliphatic imine (C=N–C) groups is 2. The van der Waals surface area contributed by atoms with Crippen LogP contribution in [0.25, 0.3) is 0 Å². The fraction of sp³-hybridized carbons (Fsp3) is 0.500. The maximum absolute atomic E-state index is 4.14. The summed E-state index contributed by atoms with van der Waals surface area (Å²) in [6, 6.07) is 0. The number of hydrogen-bond acceptors (Lipinski definition) is 2. The van der Waals surface area contributed by atoms with E-state index in [4.69, 9.17) is 0 Å². The van der Waals surface area contributed by atoms with Crippen molar-refractivity contribution >= 4 is 12.6 Å². The van der Waals surface area contributed by atoms with Crippen molar-refractivity contribution in [1.29, 1.82) is 0 Å². The molecule has 0 aromatic rings. The lowest BCUT2D eigenvalue weighted by atomic mass is 10.5. The molecule has 0 rings (SSSR count). The Kier molecular flexibility index (Phi) is 4.18. The fourth-order valence-electron chi connectivity index (χ4n) is 0.343. The van der Waals surface area contributed by atoms with E-state index in [2.05, 4.69) is 16.7 Å². The first-order valence-electron chi connectivity index (χ1n) is 3.43. The molecule has 0 aliphatic carbocycles. The van der Waals surface area contributed by atoms with Crippen molar-refractivity contribution in [3.05, 3.63) is 11.9 Å². The van der Waals surface area contributed by atoms with E-state index < -0.39 is 0 Å². The molecule has 11 heavy (non-hydrogen) atoms. The van der Waals surface area contributed by atoms with Crippen molar-refractivity contribution in [2.24, 2.45) is 9.98 Å². The summed E-state index contributed by atoms with van der Waals surface area (Å²) < 4.78 is 0. The number of hydrogen-bond donors (Lipinski definition) is 0. The van der Waals surface area contributed by atoms with Gasteiger partial charge in [0, 0.05) is 14.1 Å². The van der Waals surface area contributed by atoms with Gasteiger partial charge in [0.15, 0.2) is 0 Å². The molecular formula is C8H15N3. The molecule has 0 radical (unpaired) electrons. The Morgan fingerprint density at radius 3 is 2.27 bits per heavy atom. The third-order valence-corrected chi connectivity index (χ3v) is 1.33. The molecule has 0 aliphatic rings. The molecule has 0 spiro atoms. The molecule has 0 aromatic heterocycles. The third-order valence-electron chi connectivity index (χ3n) is 1.33. The van der Waals surface area contributed by atoms with Gasteiger partial charge in [-0.05, 0) is 20.6 Å². The molecule has 0 saturated carbocycles. The first-order chi connectivity index (χ1) is 5.07. The molecule has 0 amide bonds. The Hall–Kier alpha value is -1.12. The lowest BCUT2D eigenvalue weighted by Gasteiger charge is -2.09. The van der Waals surface area contributed by atoms with Gasteiger partial charge in [0.25, 0.3) is 0 Å². The summed E-state index contributed by atoms with van der Waals surface area (Å²) in [5.41, 5.74) is 0.825. The topological polar surface area (TPSA) is 28.0 Å². The van der Waals surface area contributed by atoms with Gasteiger partial charge in [0.2, 0.25) is 0 Å². The van der Waals surface area contributed by atoms with E-state index in [1.165, 1.54) is 0 Å². The molecule has 0 saturated heterocycles. The lowest BCUT2D eigenvalue weighted by Crippen LogP contribution is -2.17. The standard InChI is InChI=1S/C8H15N3/c1-7(9-3)6-10-8(2)11(4)5/h6H,3H2,1-2,4-5H3/b7-6-,10-8?. The van der Waals surface area contributed by atoms with Crippen LogP contribution >= 0.6 is 0 Å². The minimum absolute atomic E-state index is 0.825. The van der Waals surface area contributed by atoms with Crippen molar-refractivity contribution in [3.8, 4) is 0 Å². The zero-order chi connectivity index (χ0) is 8.85. The number of amidine groups is 1. The van der Waals surface area contributed by atoms with Gasteiger partial charge in [-0.2, -0.15) is 0 Å². The summed E-state index contributed by atoms with van der Waals surface area (Å²) in [7, 11) is 3.90. The van der Waals surface area contributed by atoms with Crippen LogP contribution in [0.4, 0.5) is 0 Å². The molecule has 62 valence electrons. The summed E-state index contributed by atoms with van der Waals surface area (Å²) in [5, 5.41) is 0. The van der Waals surface area contributed by atoms with Crippen LogP contribution in [0.2, 0.25) is 0 Å². The SMILES string of the molecule is C=N/C(C)=C\N=C(C)N(C)C. The minimum Gasteiger partial charge on any atom is -0.366 e. The number of rotatable bonds is 2. The van der Waals surface area contributed by atoms with Gasteiger partial charge in [-0.3, -0.25) is 4.99 Å². The summed E-state index contributed by atoms with van der Waals surface area (Å²) in [4.78, 5) is 9.78. The first kappa shape index (κ1) is 9.88. The normalized spacial score (nSPS) is 13.1. The summed E-state index contributed by atoms with van der Waals surface area (Å²) >= 11 is 0. The fourth-order valence-corrected chi connectivity index (χ4v) is 0.343. The van der Waals surface area contributed by atoms with Crippen LogP contribution in [0.5, 0.6) is 0 Å². The maximum Gasteiger partial charge on any atom is 0.100 e. The Labute approximate surface area is 68.2 Å². The largest absolute Gasteiger partial charge is 0.366 e.